The maximum Gasteiger partial charge on any atom is 0.261 e. The number of fused-ring (bicyclic) bond motifs is 2. The Kier molecular flexibility index (Phi) is 3.91. The molecule has 0 N–H and O–H groups in total. The van der Waals surface area contributed by atoms with Crippen LogP contribution in [-0.4, -0.2) is 14.5 Å². The number of pyridine rings is 1. The second-order valence-electron chi connectivity index (χ2n) is 7.75. The lowest BCUT2D eigenvalue weighted by atomic mass is 9.83. The normalized spacial score (nSPS) is 15.9. The van der Waals surface area contributed by atoms with Gasteiger partial charge in [-0.25, -0.2) is 4.98 Å². The van der Waals surface area contributed by atoms with Gasteiger partial charge in [-0.3, -0.25) is 14.3 Å². The highest BCUT2D eigenvalue weighted by molar-refractivity contribution is 5.78. The first kappa shape index (κ1) is 16.0. The van der Waals surface area contributed by atoms with Crippen molar-refractivity contribution in [2.75, 3.05) is 0 Å². The van der Waals surface area contributed by atoms with Gasteiger partial charge in [0.15, 0.2) is 0 Å². The van der Waals surface area contributed by atoms with Crippen molar-refractivity contribution in [3.05, 3.63) is 70.0 Å². The van der Waals surface area contributed by atoms with Gasteiger partial charge in [0.1, 0.15) is 5.82 Å². The van der Waals surface area contributed by atoms with Crippen LogP contribution in [-0.2, 0) is 25.8 Å². The van der Waals surface area contributed by atoms with Crippen molar-refractivity contribution in [3.63, 3.8) is 0 Å². The van der Waals surface area contributed by atoms with Crippen molar-refractivity contribution >= 4 is 10.9 Å². The Hall–Kier alpha value is -2.49. The molecule has 0 atom stereocenters. The van der Waals surface area contributed by atoms with Gasteiger partial charge in [0.2, 0.25) is 0 Å². The fraction of sp³-hybridized carbons (Fsp3) is 0.381. The Labute approximate surface area is 147 Å². The van der Waals surface area contributed by atoms with Crippen LogP contribution in [0.1, 0.15) is 37.4 Å². The lowest BCUT2D eigenvalue weighted by molar-refractivity contribution is 0.261. The van der Waals surface area contributed by atoms with Crippen molar-refractivity contribution in [2.45, 2.75) is 46.1 Å². The molecule has 128 valence electrons. The molecule has 0 bridgehead atoms. The number of hydrogen-bond donors (Lipinski definition) is 0. The first-order valence-electron chi connectivity index (χ1n) is 8.94. The van der Waals surface area contributed by atoms with Crippen LogP contribution >= 0.6 is 0 Å². The summed E-state index contributed by atoms with van der Waals surface area (Å²) in [4.78, 5) is 22.0. The lowest BCUT2D eigenvalue weighted by Gasteiger charge is -2.31. The minimum absolute atomic E-state index is 0.103. The van der Waals surface area contributed by atoms with Crippen LogP contribution in [0.2, 0.25) is 0 Å². The van der Waals surface area contributed by atoms with Crippen molar-refractivity contribution in [3.8, 4) is 0 Å². The molecular weight excluding hydrogens is 310 g/mol. The van der Waals surface area contributed by atoms with Gasteiger partial charge in [-0.2, -0.15) is 0 Å². The average Bonchev–Trinajstić information content (AvgIpc) is 2.60. The Morgan fingerprint density at radius 1 is 1.16 bits per heavy atom. The first-order chi connectivity index (χ1) is 12.0. The van der Waals surface area contributed by atoms with E-state index in [1.54, 1.807) is 0 Å². The molecule has 4 heteroatoms. The molecule has 0 fully saturated rings. The van der Waals surface area contributed by atoms with Crippen molar-refractivity contribution < 1.29 is 0 Å². The number of rotatable bonds is 3. The third-order valence-electron chi connectivity index (χ3n) is 5.14. The fourth-order valence-electron chi connectivity index (χ4n) is 3.58. The molecule has 2 aromatic heterocycles. The molecule has 0 amide bonds. The number of aromatic nitrogens is 3. The van der Waals surface area contributed by atoms with Crippen LogP contribution in [0.15, 0.2) is 47.4 Å². The SMILES string of the molecule is CC1(C)CCn2c(nc3cc(CCc4ccccn4)ccc3c2=O)C1. The van der Waals surface area contributed by atoms with Gasteiger partial charge < -0.3 is 0 Å². The highest BCUT2D eigenvalue weighted by Gasteiger charge is 2.27. The van der Waals surface area contributed by atoms with Gasteiger partial charge in [-0.1, -0.05) is 26.0 Å². The molecular formula is C21H23N3O. The van der Waals surface area contributed by atoms with E-state index in [1.165, 1.54) is 5.56 Å². The second-order valence-corrected chi connectivity index (χ2v) is 7.75. The van der Waals surface area contributed by atoms with Gasteiger partial charge in [-0.05, 0) is 54.5 Å². The van der Waals surface area contributed by atoms with Gasteiger partial charge in [-0.15, -0.1) is 0 Å². The second kappa shape index (κ2) is 6.10. The molecule has 3 heterocycles. The fourth-order valence-corrected chi connectivity index (χ4v) is 3.58. The van der Waals surface area contributed by atoms with Gasteiger partial charge in [0.25, 0.3) is 5.56 Å². The number of benzene rings is 1. The topological polar surface area (TPSA) is 47.8 Å². The van der Waals surface area contributed by atoms with Gasteiger partial charge >= 0.3 is 0 Å². The molecule has 1 aliphatic heterocycles. The first-order valence-corrected chi connectivity index (χ1v) is 8.94. The summed E-state index contributed by atoms with van der Waals surface area (Å²) in [5.41, 5.74) is 3.43. The molecule has 25 heavy (non-hydrogen) atoms. The van der Waals surface area contributed by atoms with E-state index in [9.17, 15) is 4.79 Å². The zero-order valence-corrected chi connectivity index (χ0v) is 14.8. The molecule has 0 radical (unpaired) electrons. The van der Waals surface area contributed by atoms with Crippen molar-refractivity contribution in [2.24, 2.45) is 5.41 Å². The van der Waals surface area contributed by atoms with Crippen molar-refractivity contribution in [1.82, 2.24) is 14.5 Å². The Morgan fingerprint density at radius 3 is 2.84 bits per heavy atom. The molecule has 0 unspecified atom stereocenters. The van der Waals surface area contributed by atoms with Crippen LogP contribution in [0, 0.1) is 5.41 Å². The maximum atomic E-state index is 12.8. The van der Waals surface area contributed by atoms with Crippen molar-refractivity contribution in [1.29, 1.82) is 0 Å². The summed E-state index contributed by atoms with van der Waals surface area (Å²) in [5, 5.41) is 0.727. The van der Waals surface area contributed by atoms with Gasteiger partial charge in [0.05, 0.1) is 10.9 Å². The molecule has 1 aromatic carbocycles. The number of aryl methyl sites for hydroxylation is 2. The summed E-state index contributed by atoms with van der Waals surface area (Å²) in [7, 11) is 0. The van der Waals surface area contributed by atoms with E-state index >= 15 is 0 Å². The van der Waals surface area contributed by atoms with Crippen LogP contribution in [0.4, 0.5) is 0 Å². The largest absolute Gasteiger partial charge is 0.296 e. The summed E-state index contributed by atoms with van der Waals surface area (Å²) in [6.45, 7) is 5.26. The van der Waals surface area contributed by atoms with E-state index in [2.05, 4.69) is 24.9 Å². The smallest absolute Gasteiger partial charge is 0.261 e. The summed E-state index contributed by atoms with van der Waals surface area (Å²) >= 11 is 0. The van der Waals surface area contributed by atoms with Crippen LogP contribution in [0.3, 0.4) is 0 Å². The minimum Gasteiger partial charge on any atom is -0.296 e. The summed E-state index contributed by atoms with van der Waals surface area (Å²) < 4.78 is 1.86. The van der Waals surface area contributed by atoms with Crippen LogP contribution < -0.4 is 5.56 Å². The summed E-state index contributed by atoms with van der Waals surface area (Å²) in [6, 6.07) is 12.0. The van der Waals surface area contributed by atoms with E-state index in [1.807, 2.05) is 41.1 Å². The quantitative estimate of drug-likeness (QED) is 0.736. The Balaban J connectivity index is 1.67. The predicted octanol–water partition coefficient (Wildman–Crippen LogP) is 3.55. The zero-order chi connectivity index (χ0) is 17.4. The molecule has 0 spiro atoms. The van der Waals surface area contributed by atoms with E-state index in [0.717, 1.165) is 54.6 Å². The lowest BCUT2D eigenvalue weighted by Crippen LogP contribution is -2.35. The van der Waals surface area contributed by atoms with E-state index < -0.39 is 0 Å². The highest BCUT2D eigenvalue weighted by Crippen LogP contribution is 2.30. The number of nitrogens with zero attached hydrogens (tertiary/aromatic N) is 3. The third kappa shape index (κ3) is 3.21. The Bertz CT molecular complexity index is 974. The Morgan fingerprint density at radius 2 is 2.04 bits per heavy atom. The van der Waals surface area contributed by atoms with Gasteiger partial charge in [0, 0.05) is 24.9 Å². The standard InChI is InChI=1S/C21H23N3O/c1-21(2)10-12-24-19(14-21)23-18-13-15(7-9-17(18)20(24)25)6-8-16-5-3-4-11-22-16/h3-5,7,9,11,13H,6,8,10,12,14H2,1-2H3. The minimum atomic E-state index is 0.103. The third-order valence-corrected chi connectivity index (χ3v) is 5.14. The molecule has 0 saturated carbocycles. The maximum absolute atomic E-state index is 12.8. The van der Waals surface area contributed by atoms with Crippen LogP contribution in [0.5, 0.6) is 0 Å². The monoisotopic (exact) mass is 333 g/mol. The molecule has 4 rings (SSSR count). The summed E-state index contributed by atoms with van der Waals surface area (Å²) in [5.74, 6) is 0.927. The van der Waals surface area contributed by atoms with Crippen LogP contribution in [0.25, 0.3) is 10.9 Å². The zero-order valence-electron chi connectivity index (χ0n) is 14.8. The molecule has 4 nitrogen and oxygen atoms in total. The highest BCUT2D eigenvalue weighted by atomic mass is 16.1. The number of hydrogen-bond acceptors (Lipinski definition) is 3. The summed E-state index contributed by atoms with van der Waals surface area (Å²) in [6.07, 6.45) is 5.50. The van der Waals surface area contributed by atoms with E-state index in [0.29, 0.717) is 0 Å². The van der Waals surface area contributed by atoms with E-state index in [-0.39, 0.29) is 11.0 Å². The molecule has 0 aliphatic carbocycles. The predicted molar refractivity (Wildman–Crippen MR) is 99.8 cm³/mol. The molecule has 0 saturated heterocycles. The average molecular weight is 333 g/mol. The van der Waals surface area contributed by atoms with E-state index in [4.69, 9.17) is 4.98 Å². The molecule has 3 aromatic rings. The molecule has 1 aliphatic rings.